The average molecular weight is 471 g/mol. The van der Waals surface area contributed by atoms with Crippen molar-refractivity contribution >= 4 is 23.9 Å². The van der Waals surface area contributed by atoms with Gasteiger partial charge < -0.3 is 25.8 Å². The molecule has 10 heteroatoms. The molecule has 1 aromatic carbocycles. The van der Waals surface area contributed by atoms with Crippen molar-refractivity contribution in [3.05, 3.63) is 58.2 Å². The summed E-state index contributed by atoms with van der Waals surface area (Å²) in [6, 6.07) is 4.26. The number of nitrogens with two attached hydrogens (primary N) is 1. The standard InChI is InChI=1S/C24H31FN6O3/c1-15(2)29-24-28-11-16(3)22(30-24)27-12-17-6-8-34-9-7-31(23(33)21(17)26)13-19-10-20(25)5-4-18(19)14-32/h4-5,10-12,15,32H,6-9,13-14,26H2,1-3H3,(H,28,29,30). The van der Waals surface area contributed by atoms with Crippen LogP contribution in [0.2, 0.25) is 0 Å². The van der Waals surface area contributed by atoms with Crippen molar-refractivity contribution in [3.63, 3.8) is 0 Å². The van der Waals surface area contributed by atoms with E-state index in [1.54, 1.807) is 6.20 Å². The first kappa shape index (κ1) is 25.3. The zero-order valence-electron chi connectivity index (χ0n) is 19.7. The SMILES string of the molecule is Cc1cnc(NC(C)C)nc1N=CC1=C(N)C(=O)N(Cc2cc(F)ccc2CO)CCOCC1. The molecule has 1 aliphatic heterocycles. The van der Waals surface area contributed by atoms with Crippen molar-refractivity contribution < 1.29 is 19.0 Å². The molecule has 1 aromatic heterocycles. The molecule has 0 atom stereocenters. The first-order chi connectivity index (χ1) is 16.3. The summed E-state index contributed by atoms with van der Waals surface area (Å²) in [7, 11) is 0. The van der Waals surface area contributed by atoms with E-state index >= 15 is 0 Å². The minimum atomic E-state index is -0.442. The van der Waals surface area contributed by atoms with Gasteiger partial charge in [0.25, 0.3) is 5.91 Å². The third-order valence-corrected chi connectivity index (χ3v) is 5.29. The van der Waals surface area contributed by atoms with Gasteiger partial charge >= 0.3 is 0 Å². The molecule has 0 spiro atoms. The van der Waals surface area contributed by atoms with Gasteiger partial charge in [0, 0.05) is 42.7 Å². The van der Waals surface area contributed by atoms with Crippen molar-refractivity contribution in [2.24, 2.45) is 10.7 Å². The van der Waals surface area contributed by atoms with Crippen LogP contribution >= 0.6 is 0 Å². The number of halogens is 1. The normalized spacial score (nSPS) is 15.6. The maximum Gasteiger partial charge on any atom is 0.270 e. The van der Waals surface area contributed by atoms with Gasteiger partial charge in [0.2, 0.25) is 5.95 Å². The minimum Gasteiger partial charge on any atom is -0.394 e. The van der Waals surface area contributed by atoms with Crippen molar-refractivity contribution in [2.75, 3.05) is 25.1 Å². The summed E-state index contributed by atoms with van der Waals surface area (Å²) in [5, 5.41) is 12.7. The van der Waals surface area contributed by atoms with Crippen molar-refractivity contribution in [3.8, 4) is 0 Å². The summed E-state index contributed by atoms with van der Waals surface area (Å²) in [5.74, 6) is 0.0881. The number of nitrogens with one attached hydrogen (secondary N) is 1. The van der Waals surface area contributed by atoms with Gasteiger partial charge in [-0.3, -0.25) is 4.79 Å². The fourth-order valence-corrected chi connectivity index (χ4v) is 3.42. The Kier molecular flexibility index (Phi) is 8.67. The summed E-state index contributed by atoms with van der Waals surface area (Å²) in [6.45, 7) is 6.61. The molecule has 3 rings (SSSR count). The predicted octanol–water partition coefficient (Wildman–Crippen LogP) is 2.60. The fraction of sp³-hybridized carbons (Fsp3) is 0.417. The molecular weight excluding hydrogens is 439 g/mol. The van der Waals surface area contributed by atoms with E-state index in [1.165, 1.54) is 29.3 Å². The topological polar surface area (TPSA) is 126 Å². The van der Waals surface area contributed by atoms with Gasteiger partial charge in [0.05, 0.1) is 19.8 Å². The van der Waals surface area contributed by atoms with Crippen LogP contribution in [0.15, 0.2) is 40.7 Å². The van der Waals surface area contributed by atoms with E-state index in [2.05, 4.69) is 20.3 Å². The zero-order chi connectivity index (χ0) is 24.7. The maximum atomic E-state index is 13.8. The Morgan fingerprint density at radius 2 is 2.15 bits per heavy atom. The molecule has 2 aromatic rings. The lowest BCUT2D eigenvalue weighted by Crippen LogP contribution is -2.37. The summed E-state index contributed by atoms with van der Waals surface area (Å²) in [6.07, 6.45) is 3.62. The van der Waals surface area contributed by atoms with Crippen LogP contribution < -0.4 is 11.1 Å². The number of carbonyl (C=O) groups is 1. The Morgan fingerprint density at radius 1 is 1.35 bits per heavy atom. The largest absolute Gasteiger partial charge is 0.394 e. The number of aryl methyl sites for hydroxylation is 1. The summed E-state index contributed by atoms with van der Waals surface area (Å²) >= 11 is 0. The molecule has 34 heavy (non-hydrogen) atoms. The molecule has 0 radical (unpaired) electrons. The number of nitrogens with zero attached hydrogens (tertiary/aromatic N) is 4. The van der Waals surface area contributed by atoms with Crippen LogP contribution in [0.3, 0.4) is 0 Å². The van der Waals surface area contributed by atoms with Crippen molar-refractivity contribution in [1.29, 1.82) is 0 Å². The Morgan fingerprint density at radius 3 is 2.88 bits per heavy atom. The lowest BCUT2D eigenvalue weighted by Gasteiger charge is -2.23. The highest BCUT2D eigenvalue weighted by molar-refractivity contribution is 5.99. The maximum absolute atomic E-state index is 13.8. The number of benzene rings is 1. The van der Waals surface area contributed by atoms with E-state index in [0.29, 0.717) is 48.1 Å². The number of aliphatic hydroxyl groups excluding tert-OH is 1. The quantitative estimate of drug-likeness (QED) is 0.531. The van der Waals surface area contributed by atoms with Gasteiger partial charge in [0.1, 0.15) is 11.5 Å². The van der Waals surface area contributed by atoms with Crippen LogP contribution in [0, 0.1) is 12.7 Å². The second-order valence-corrected chi connectivity index (χ2v) is 8.36. The number of rotatable bonds is 7. The average Bonchev–Trinajstić information content (AvgIpc) is 2.86. The predicted molar refractivity (Wildman–Crippen MR) is 128 cm³/mol. The minimum absolute atomic E-state index is 0.0449. The van der Waals surface area contributed by atoms with Crippen LogP contribution in [0.4, 0.5) is 16.2 Å². The Hall–Kier alpha value is -3.37. The highest BCUT2D eigenvalue weighted by Crippen LogP contribution is 2.20. The summed E-state index contributed by atoms with van der Waals surface area (Å²) in [5.41, 5.74) is 8.68. The highest BCUT2D eigenvalue weighted by atomic mass is 19.1. The molecule has 0 bridgehead atoms. The molecule has 1 amide bonds. The van der Waals surface area contributed by atoms with Crippen molar-refractivity contribution in [2.45, 2.75) is 46.4 Å². The number of hydrogen-bond acceptors (Lipinski definition) is 8. The van der Waals surface area contributed by atoms with Crippen LogP contribution in [-0.4, -0.2) is 57.9 Å². The lowest BCUT2D eigenvalue weighted by atomic mass is 10.1. The number of hydrogen-bond donors (Lipinski definition) is 3. The first-order valence-electron chi connectivity index (χ1n) is 11.2. The lowest BCUT2D eigenvalue weighted by molar-refractivity contribution is -0.128. The number of ether oxygens (including phenoxy) is 1. The van der Waals surface area contributed by atoms with Gasteiger partial charge in [-0.1, -0.05) is 6.07 Å². The van der Waals surface area contributed by atoms with E-state index < -0.39 is 11.7 Å². The van der Waals surface area contributed by atoms with E-state index in [0.717, 1.165) is 5.56 Å². The third-order valence-electron chi connectivity index (χ3n) is 5.29. The molecule has 1 aliphatic rings. The molecule has 0 fully saturated rings. The van der Waals surface area contributed by atoms with E-state index in [4.69, 9.17) is 10.5 Å². The Balaban J connectivity index is 1.88. The van der Waals surface area contributed by atoms with Crippen molar-refractivity contribution in [1.82, 2.24) is 14.9 Å². The van der Waals surface area contributed by atoms with Gasteiger partial charge in [-0.25, -0.2) is 14.4 Å². The highest BCUT2D eigenvalue weighted by Gasteiger charge is 2.22. The monoisotopic (exact) mass is 470 g/mol. The number of aliphatic hydroxyl groups is 1. The molecule has 0 aliphatic carbocycles. The fourth-order valence-electron chi connectivity index (χ4n) is 3.42. The molecular formula is C24H31FN6O3. The molecule has 2 heterocycles. The van der Waals surface area contributed by atoms with Crippen LogP contribution in [-0.2, 0) is 22.7 Å². The molecule has 9 nitrogen and oxygen atoms in total. The van der Waals surface area contributed by atoms with Gasteiger partial charge in [-0.2, -0.15) is 4.98 Å². The van der Waals surface area contributed by atoms with E-state index in [-0.39, 0.29) is 31.4 Å². The molecule has 0 saturated carbocycles. The first-order valence-corrected chi connectivity index (χ1v) is 11.2. The van der Waals surface area contributed by atoms with E-state index in [1.807, 2.05) is 20.8 Å². The molecule has 0 unspecified atom stereocenters. The van der Waals surface area contributed by atoms with E-state index in [9.17, 15) is 14.3 Å². The molecule has 4 N–H and O–H groups in total. The van der Waals surface area contributed by atoms with Crippen LogP contribution in [0.25, 0.3) is 0 Å². The number of aromatic nitrogens is 2. The Labute approximate surface area is 198 Å². The van der Waals surface area contributed by atoms with Gasteiger partial charge in [0.15, 0.2) is 5.82 Å². The third kappa shape index (κ3) is 6.58. The van der Waals surface area contributed by atoms with Gasteiger partial charge in [-0.15, -0.1) is 0 Å². The van der Waals surface area contributed by atoms with Crippen LogP contribution in [0.1, 0.15) is 37.0 Å². The molecule has 182 valence electrons. The summed E-state index contributed by atoms with van der Waals surface area (Å²) < 4.78 is 19.5. The number of anilines is 1. The number of carbonyl (C=O) groups excluding carboxylic acids is 1. The number of aliphatic imine (C=N–C) groups is 1. The zero-order valence-corrected chi connectivity index (χ0v) is 19.7. The smallest absolute Gasteiger partial charge is 0.270 e. The Bertz CT molecular complexity index is 1090. The van der Waals surface area contributed by atoms with Crippen LogP contribution in [0.5, 0.6) is 0 Å². The second kappa shape index (κ2) is 11.7. The summed E-state index contributed by atoms with van der Waals surface area (Å²) in [4.78, 5) is 27.9. The second-order valence-electron chi connectivity index (χ2n) is 8.36. The number of amides is 1. The molecule has 0 saturated heterocycles. The van der Waals surface area contributed by atoms with Gasteiger partial charge in [-0.05, 0) is 50.5 Å².